The molecule has 1 atom stereocenters. The molecule has 0 radical (unpaired) electrons. The number of rotatable bonds is 3. The molecule has 0 spiro atoms. The van der Waals surface area contributed by atoms with Crippen molar-refractivity contribution in [3.8, 4) is 28.7 Å². The Morgan fingerprint density at radius 2 is 1.91 bits per heavy atom. The van der Waals surface area contributed by atoms with E-state index in [1.165, 1.54) is 38.5 Å². The van der Waals surface area contributed by atoms with Gasteiger partial charge in [0.25, 0.3) is 0 Å². The smallest absolute Gasteiger partial charge is 0.203 e. The zero-order valence-electron chi connectivity index (χ0n) is 12.7. The van der Waals surface area contributed by atoms with Crippen molar-refractivity contribution in [2.45, 2.75) is 5.92 Å². The number of ether oxygens (including phenoxy) is 3. The van der Waals surface area contributed by atoms with E-state index in [2.05, 4.69) is 0 Å². The summed E-state index contributed by atoms with van der Waals surface area (Å²) in [5.41, 5.74) is 0.933. The molecule has 0 bridgehead atoms. The molecule has 2 aromatic carbocycles. The summed E-state index contributed by atoms with van der Waals surface area (Å²) in [6.07, 6.45) is 0. The first-order chi connectivity index (χ1) is 11.0. The normalized spacial score (nSPS) is 16.4. The molecule has 120 valence electrons. The average Bonchev–Trinajstić information content (AvgIpc) is 2.54. The van der Waals surface area contributed by atoms with Crippen molar-refractivity contribution in [3.63, 3.8) is 0 Å². The van der Waals surface area contributed by atoms with E-state index >= 15 is 0 Å². The lowest BCUT2D eigenvalue weighted by atomic mass is 9.88. The van der Waals surface area contributed by atoms with Crippen LogP contribution >= 0.6 is 0 Å². The van der Waals surface area contributed by atoms with E-state index < -0.39 is 5.92 Å². The summed E-state index contributed by atoms with van der Waals surface area (Å²) < 4.78 is 15.9. The predicted molar refractivity (Wildman–Crippen MR) is 81.9 cm³/mol. The number of phenolic OH excluding ortho intramolecular Hbond substituents is 2. The summed E-state index contributed by atoms with van der Waals surface area (Å²) in [5.74, 6) is 0.0262. The van der Waals surface area contributed by atoms with Crippen LogP contribution < -0.4 is 14.2 Å². The Bertz CT molecular complexity index is 768. The van der Waals surface area contributed by atoms with Crippen LogP contribution in [0.4, 0.5) is 0 Å². The molecule has 0 aromatic heterocycles. The number of Topliss-reactive ketones (excluding diaryl/α,β-unsaturated/α-hetero) is 1. The fourth-order valence-corrected chi connectivity index (χ4v) is 2.69. The van der Waals surface area contributed by atoms with E-state index in [4.69, 9.17) is 14.2 Å². The van der Waals surface area contributed by atoms with E-state index in [1.54, 1.807) is 6.07 Å². The minimum atomic E-state index is -0.572. The highest BCUT2D eigenvalue weighted by atomic mass is 16.5. The lowest BCUT2D eigenvalue weighted by molar-refractivity contribution is 0.0892. The summed E-state index contributed by atoms with van der Waals surface area (Å²) in [7, 11) is 2.88. The summed E-state index contributed by atoms with van der Waals surface area (Å²) in [4.78, 5) is 12.8. The molecule has 1 heterocycles. The highest BCUT2D eigenvalue weighted by molar-refractivity contribution is 6.05. The van der Waals surface area contributed by atoms with Gasteiger partial charge in [-0.3, -0.25) is 4.79 Å². The zero-order valence-corrected chi connectivity index (χ0v) is 12.7. The standard InChI is InChI=1S/C17H16O6/c1-21-11-6-9(5-10(18)7-11)13-8-23-16-12(15(13)20)3-4-14(19)17(16)22-2/h3-7,13,18-19H,8H2,1-2H3/t13-/m1/s1. The monoisotopic (exact) mass is 316 g/mol. The number of phenols is 2. The van der Waals surface area contributed by atoms with Gasteiger partial charge >= 0.3 is 0 Å². The molecule has 2 aromatic rings. The number of hydrogen-bond acceptors (Lipinski definition) is 6. The van der Waals surface area contributed by atoms with Crippen LogP contribution in [0.15, 0.2) is 30.3 Å². The molecule has 0 saturated heterocycles. The fraction of sp³-hybridized carbons (Fsp3) is 0.235. The number of carbonyl (C=O) groups is 1. The molecule has 3 rings (SSSR count). The summed E-state index contributed by atoms with van der Waals surface area (Å²) in [6.45, 7) is 0.0816. The van der Waals surface area contributed by atoms with E-state index in [0.717, 1.165) is 0 Å². The Balaban J connectivity index is 2.03. The molecular formula is C17H16O6. The van der Waals surface area contributed by atoms with Crippen molar-refractivity contribution < 1.29 is 29.2 Å². The van der Waals surface area contributed by atoms with Gasteiger partial charge in [-0.1, -0.05) is 0 Å². The second-order valence-electron chi connectivity index (χ2n) is 5.19. The zero-order chi connectivity index (χ0) is 16.6. The van der Waals surface area contributed by atoms with Gasteiger partial charge in [-0.05, 0) is 29.8 Å². The lowest BCUT2D eigenvalue weighted by Crippen LogP contribution is -2.26. The van der Waals surface area contributed by atoms with Gasteiger partial charge < -0.3 is 24.4 Å². The maximum atomic E-state index is 12.8. The topological polar surface area (TPSA) is 85.2 Å². The quantitative estimate of drug-likeness (QED) is 0.905. The third-order valence-corrected chi connectivity index (χ3v) is 3.82. The highest BCUT2D eigenvalue weighted by Crippen LogP contribution is 2.44. The maximum Gasteiger partial charge on any atom is 0.203 e. The van der Waals surface area contributed by atoms with Crippen molar-refractivity contribution in [1.82, 2.24) is 0 Å². The second-order valence-corrected chi connectivity index (χ2v) is 5.19. The van der Waals surface area contributed by atoms with Gasteiger partial charge in [-0.25, -0.2) is 0 Å². The summed E-state index contributed by atoms with van der Waals surface area (Å²) in [5, 5.41) is 19.5. The molecule has 0 unspecified atom stereocenters. The number of benzene rings is 2. The van der Waals surface area contributed by atoms with Crippen LogP contribution in [0.1, 0.15) is 21.8 Å². The first-order valence-corrected chi connectivity index (χ1v) is 7.00. The third-order valence-electron chi connectivity index (χ3n) is 3.82. The Morgan fingerprint density at radius 3 is 2.61 bits per heavy atom. The second kappa shape index (κ2) is 5.72. The summed E-state index contributed by atoms with van der Waals surface area (Å²) in [6, 6.07) is 7.56. The molecule has 6 nitrogen and oxygen atoms in total. The number of hydrogen-bond donors (Lipinski definition) is 2. The van der Waals surface area contributed by atoms with Crippen LogP contribution in [0.5, 0.6) is 28.7 Å². The molecule has 6 heteroatoms. The van der Waals surface area contributed by atoms with E-state index in [1.807, 2.05) is 0 Å². The van der Waals surface area contributed by atoms with Gasteiger partial charge in [0, 0.05) is 6.07 Å². The van der Waals surface area contributed by atoms with Crippen LogP contribution in [0.2, 0.25) is 0 Å². The number of methoxy groups -OCH3 is 2. The van der Waals surface area contributed by atoms with Gasteiger partial charge in [0.15, 0.2) is 17.3 Å². The minimum absolute atomic E-state index is 0.0150. The molecule has 0 saturated carbocycles. The SMILES string of the molecule is COc1cc(O)cc([C@H]2COc3c(ccc(O)c3OC)C2=O)c1. The first kappa shape index (κ1) is 15.0. The third kappa shape index (κ3) is 2.52. The van der Waals surface area contributed by atoms with Crippen LogP contribution in [-0.2, 0) is 0 Å². The van der Waals surface area contributed by atoms with Gasteiger partial charge in [-0.2, -0.15) is 0 Å². The fourth-order valence-electron chi connectivity index (χ4n) is 2.69. The molecule has 2 N–H and O–H groups in total. The van der Waals surface area contributed by atoms with Gasteiger partial charge in [0.1, 0.15) is 18.1 Å². The van der Waals surface area contributed by atoms with Gasteiger partial charge in [0.2, 0.25) is 5.75 Å². The number of fused-ring (bicyclic) bond motifs is 1. The largest absolute Gasteiger partial charge is 0.508 e. The Labute approximate surface area is 132 Å². The average molecular weight is 316 g/mol. The van der Waals surface area contributed by atoms with Crippen molar-refractivity contribution in [2.24, 2.45) is 0 Å². The minimum Gasteiger partial charge on any atom is -0.508 e. The van der Waals surface area contributed by atoms with Crippen LogP contribution in [0, 0.1) is 0 Å². The molecule has 1 aliphatic heterocycles. The Morgan fingerprint density at radius 1 is 1.13 bits per heavy atom. The van der Waals surface area contributed by atoms with E-state index in [-0.39, 0.29) is 35.4 Å². The number of ketones is 1. The molecule has 0 aliphatic carbocycles. The Kier molecular flexibility index (Phi) is 3.73. The van der Waals surface area contributed by atoms with E-state index in [0.29, 0.717) is 16.9 Å². The van der Waals surface area contributed by atoms with Crippen molar-refractivity contribution >= 4 is 5.78 Å². The highest BCUT2D eigenvalue weighted by Gasteiger charge is 2.33. The number of carbonyl (C=O) groups excluding carboxylic acids is 1. The first-order valence-electron chi connectivity index (χ1n) is 7.00. The molecule has 1 aliphatic rings. The van der Waals surface area contributed by atoms with Crippen LogP contribution in [0.3, 0.4) is 0 Å². The molecule has 0 amide bonds. The number of aromatic hydroxyl groups is 2. The molecular weight excluding hydrogens is 300 g/mol. The van der Waals surface area contributed by atoms with E-state index in [9.17, 15) is 15.0 Å². The Hall–Kier alpha value is -2.89. The van der Waals surface area contributed by atoms with Crippen molar-refractivity contribution in [1.29, 1.82) is 0 Å². The van der Waals surface area contributed by atoms with Crippen LogP contribution in [-0.4, -0.2) is 36.8 Å². The molecule has 23 heavy (non-hydrogen) atoms. The van der Waals surface area contributed by atoms with Gasteiger partial charge in [-0.15, -0.1) is 0 Å². The van der Waals surface area contributed by atoms with Gasteiger partial charge in [0.05, 0.1) is 25.7 Å². The summed E-state index contributed by atoms with van der Waals surface area (Å²) >= 11 is 0. The molecule has 0 fully saturated rings. The predicted octanol–water partition coefficient (Wildman–Crippen LogP) is 2.47. The van der Waals surface area contributed by atoms with Crippen molar-refractivity contribution in [3.05, 3.63) is 41.5 Å². The van der Waals surface area contributed by atoms with Crippen molar-refractivity contribution in [2.75, 3.05) is 20.8 Å². The maximum absolute atomic E-state index is 12.8. The lowest BCUT2D eigenvalue weighted by Gasteiger charge is -2.26. The van der Waals surface area contributed by atoms with Crippen LogP contribution in [0.25, 0.3) is 0 Å².